The van der Waals surface area contributed by atoms with Gasteiger partial charge < -0.3 is 10.6 Å². The number of halogens is 1. The zero-order chi connectivity index (χ0) is 19.3. The van der Waals surface area contributed by atoms with Gasteiger partial charge in [-0.1, -0.05) is 18.2 Å². The number of nitro benzene ring substituents is 1. The highest BCUT2D eigenvalue weighted by atomic mass is 32.2. The van der Waals surface area contributed by atoms with Crippen molar-refractivity contribution in [3.8, 4) is 0 Å². The Morgan fingerprint density at radius 2 is 1.85 bits per heavy atom. The Kier molecular flexibility index (Phi) is 5.88. The Morgan fingerprint density at radius 1 is 1.15 bits per heavy atom. The van der Waals surface area contributed by atoms with Gasteiger partial charge in [-0.05, 0) is 24.3 Å². The number of sulfone groups is 1. The van der Waals surface area contributed by atoms with Crippen LogP contribution < -0.4 is 10.6 Å². The first-order valence-corrected chi connectivity index (χ1v) is 9.35. The summed E-state index contributed by atoms with van der Waals surface area (Å²) < 4.78 is 36.9. The molecule has 0 aliphatic heterocycles. The van der Waals surface area contributed by atoms with Crippen molar-refractivity contribution in [3.05, 3.63) is 64.0 Å². The smallest absolute Gasteiger partial charge is 0.310 e. The van der Waals surface area contributed by atoms with Gasteiger partial charge in [-0.2, -0.15) is 0 Å². The lowest BCUT2D eigenvalue weighted by atomic mass is 10.2. The van der Waals surface area contributed by atoms with Crippen LogP contribution in [0.25, 0.3) is 0 Å². The highest BCUT2D eigenvalue weighted by Gasteiger charge is 2.25. The first kappa shape index (κ1) is 19.3. The summed E-state index contributed by atoms with van der Waals surface area (Å²) in [5.74, 6) is -1.28. The van der Waals surface area contributed by atoms with E-state index in [1.807, 2.05) is 0 Å². The normalized spacial score (nSPS) is 11.0. The zero-order valence-corrected chi connectivity index (χ0v) is 14.5. The second kappa shape index (κ2) is 7.91. The first-order valence-electron chi connectivity index (χ1n) is 7.46. The van der Waals surface area contributed by atoms with Crippen molar-refractivity contribution in [1.29, 1.82) is 0 Å². The molecule has 0 aliphatic rings. The Morgan fingerprint density at radius 3 is 2.46 bits per heavy atom. The van der Waals surface area contributed by atoms with Gasteiger partial charge in [0.05, 0.1) is 10.5 Å². The molecule has 0 aromatic heterocycles. The maximum atomic E-state index is 13.5. The third-order valence-electron chi connectivity index (χ3n) is 3.43. The zero-order valence-electron chi connectivity index (χ0n) is 13.7. The van der Waals surface area contributed by atoms with E-state index in [4.69, 9.17) is 0 Å². The lowest BCUT2D eigenvalue weighted by Gasteiger charge is -2.10. The number of benzene rings is 2. The summed E-state index contributed by atoms with van der Waals surface area (Å²) in [7, 11) is -3.78. The molecule has 0 saturated carbocycles. The van der Waals surface area contributed by atoms with Crippen molar-refractivity contribution in [3.63, 3.8) is 0 Å². The molecule has 0 radical (unpaired) electrons. The number of rotatable bonds is 7. The first-order chi connectivity index (χ1) is 12.2. The Labute approximate surface area is 149 Å². The van der Waals surface area contributed by atoms with Crippen molar-refractivity contribution in [2.75, 3.05) is 24.7 Å². The Hall–Kier alpha value is -3.01. The van der Waals surface area contributed by atoms with Crippen molar-refractivity contribution in [1.82, 2.24) is 5.32 Å². The summed E-state index contributed by atoms with van der Waals surface area (Å²) in [5.41, 5.74) is -0.661. The van der Waals surface area contributed by atoms with Gasteiger partial charge in [-0.3, -0.25) is 14.9 Å². The molecule has 138 valence electrons. The lowest BCUT2D eigenvalue weighted by Crippen LogP contribution is -2.29. The van der Waals surface area contributed by atoms with E-state index in [0.717, 1.165) is 18.4 Å². The van der Waals surface area contributed by atoms with E-state index in [1.54, 1.807) is 0 Å². The van der Waals surface area contributed by atoms with Crippen LogP contribution in [0.5, 0.6) is 0 Å². The second-order valence-corrected chi connectivity index (χ2v) is 7.33. The number of hydrogen-bond acceptors (Lipinski definition) is 6. The summed E-state index contributed by atoms with van der Waals surface area (Å²) in [6.45, 7) is 0.127. The molecule has 1 amide bonds. The van der Waals surface area contributed by atoms with Gasteiger partial charge in [-0.15, -0.1) is 0 Å². The van der Waals surface area contributed by atoms with Gasteiger partial charge in [-0.25, -0.2) is 12.8 Å². The molecule has 10 heteroatoms. The summed E-state index contributed by atoms with van der Waals surface area (Å²) in [6, 6.07) is 9.37. The van der Waals surface area contributed by atoms with Crippen LogP contribution in [0.2, 0.25) is 0 Å². The molecule has 0 bridgehead atoms. The maximum Gasteiger partial charge on any atom is 0.310 e. The fourth-order valence-corrected chi connectivity index (χ4v) is 3.13. The maximum absolute atomic E-state index is 13.5. The molecule has 0 spiro atoms. The van der Waals surface area contributed by atoms with Crippen molar-refractivity contribution in [2.45, 2.75) is 4.90 Å². The number of amides is 1. The topological polar surface area (TPSA) is 118 Å². The van der Waals surface area contributed by atoms with Crippen LogP contribution in [0.15, 0.2) is 47.4 Å². The third kappa shape index (κ3) is 4.54. The van der Waals surface area contributed by atoms with Crippen LogP contribution in [-0.4, -0.2) is 38.6 Å². The molecule has 8 nitrogen and oxygen atoms in total. The standard InChI is InChI=1S/C16H16FN3O5S/c1-26(24,25)14-8-4-7-13(15(14)20(22)23)18-9-10-19-16(21)11-5-2-3-6-12(11)17/h2-8,18H,9-10H2,1H3,(H,19,21). The van der Waals surface area contributed by atoms with E-state index in [-0.39, 0.29) is 24.3 Å². The largest absolute Gasteiger partial charge is 0.378 e. The highest BCUT2D eigenvalue weighted by molar-refractivity contribution is 7.90. The van der Waals surface area contributed by atoms with E-state index in [9.17, 15) is 27.7 Å². The minimum absolute atomic E-state index is 0.0121. The molecule has 0 saturated heterocycles. The molecule has 0 fully saturated rings. The number of nitro groups is 1. The molecule has 26 heavy (non-hydrogen) atoms. The third-order valence-corrected chi connectivity index (χ3v) is 4.55. The lowest BCUT2D eigenvalue weighted by molar-refractivity contribution is -0.386. The van der Waals surface area contributed by atoms with Crippen LogP contribution >= 0.6 is 0 Å². The highest BCUT2D eigenvalue weighted by Crippen LogP contribution is 2.31. The van der Waals surface area contributed by atoms with E-state index >= 15 is 0 Å². The molecule has 0 atom stereocenters. The summed E-state index contributed by atoms with van der Waals surface area (Å²) in [4.78, 5) is 21.9. The average molecular weight is 381 g/mol. The predicted molar refractivity (Wildman–Crippen MR) is 93.4 cm³/mol. The average Bonchev–Trinajstić information content (AvgIpc) is 2.57. The molecule has 2 N–H and O–H groups in total. The quantitative estimate of drug-likeness (QED) is 0.430. The summed E-state index contributed by atoms with van der Waals surface area (Å²) in [6.07, 6.45) is 0.883. The fourth-order valence-electron chi connectivity index (χ4n) is 2.27. The molecule has 0 heterocycles. The minimum atomic E-state index is -3.78. The van der Waals surface area contributed by atoms with Crippen molar-refractivity contribution < 1.29 is 22.5 Å². The minimum Gasteiger partial charge on any atom is -0.378 e. The number of para-hydroxylation sites is 1. The Bertz CT molecular complexity index is 947. The number of nitrogens with zero attached hydrogens (tertiary/aromatic N) is 1. The molecule has 2 aromatic rings. The summed E-state index contributed by atoms with van der Waals surface area (Å²) >= 11 is 0. The molecular formula is C16H16FN3O5S. The predicted octanol–water partition coefficient (Wildman–Crippen LogP) is 1.98. The van der Waals surface area contributed by atoms with Crippen LogP contribution in [0, 0.1) is 15.9 Å². The number of carbonyl (C=O) groups is 1. The SMILES string of the molecule is CS(=O)(=O)c1cccc(NCCNC(=O)c2ccccc2F)c1[N+](=O)[O-]. The van der Waals surface area contributed by atoms with Crippen molar-refractivity contribution >= 4 is 27.1 Å². The number of hydrogen-bond donors (Lipinski definition) is 2. The molecule has 2 aromatic carbocycles. The van der Waals surface area contributed by atoms with Gasteiger partial charge in [0.1, 0.15) is 16.4 Å². The molecule has 2 rings (SSSR count). The van der Waals surface area contributed by atoms with Gasteiger partial charge in [0.15, 0.2) is 9.84 Å². The van der Waals surface area contributed by atoms with Crippen LogP contribution in [-0.2, 0) is 9.84 Å². The molecule has 0 aliphatic carbocycles. The van der Waals surface area contributed by atoms with Crippen LogP contribution in [0.1, 0.15) is 10.4 Å². The number of nitrogens with one attached hydrogen (secondary N) is 2. The van der Waals surface area contributed by atoms with Gasteiger partial charge in [0, 0.05) is 19.3 Å². The monoisotopic (exact) mass is 381 g/mol. The molecule has 0 unspecified atom stereocenters. The van der Waals surface area contributed by atoms with E-state index in [2.05, 4.69) is 10.6 Å². The van der Waals surface area contributed by atoms with Gasteiger partial charge >= 0.3 is 5.69 Å². The van der Waals surface area contributed by atoms with E-state index in [1.165, 1.54) is 30.3 Å². The van der Waals surface area contributed by atoms with Crippen molar-refractivity contribution in [2.24, 2.45) is 0 Å². The van der Waals surface area contributed by atoms with Gasteiger partial charge in [0.25, 0.3) is 5.91 Å². The van der Waals surface area contributed by atoms with E-state index in [0.29, 0.717) is 0 Å². The fraction of sp³-hybridized carbons (Fsp3) is 0.188. The van der Waals surface area contributed by atoms with Crippen LogP contribution in [0.4, 0.5) is 15.8 Å². The van der Waals surface area contributed by atoms with E-state index < -0.39 is 37.1 Å². The number of carbonyl (C=O) groups excluding carboxylic acids is 1. The van der Waals surface area contributed by atoms with Crippen LogP contribution in [0.3, 0.4) is 0 Å². The summed E-state index contributed by atoms with van der Waals surface area (Å²) in [5, 5.41) is 16.4. The molecular weight excluding hydrogens is 365 g/mol. The second-order valence-electron chi connectivity index (χ2n) is 5.34. The Balaban J connectivity index is 2.05. The van der Waals surface area contributed by atoms with Gasteiger partial charge in [0.2, 0.25) is 0 Å². The number of anilines is 1.